The molecule has 0 amide bonds. The van der Waals surface area contributed by atoms with Crippen molar-refractivity contribution in [3.05, 3.63) is 24.0 Å². The molecule has 0 spiro atoms. The minimum atomic E-state index is 0. The number of fused-ring (bicyclic) bond motifs is 1. The Hall–Kier alpha value is -1.51. The normalized spacial score (nSPS) is 9.92. The minimum absolute atomic E-state index is 0. The van der Waals surface area contributed by atoms with Crippen molar-refractivity contribution in [3.63, 3.8) is 0 Å². The van der Waals surface area contributed by atoms with Crippen molar-refractivity contribution >= 4 is 16.7 Å². The second-order valence-corrected chi connectivity index (χ2v) is 2.81. The van der Waals surface area contributed by atoms with Crippen LogP contribution < -0.4 is 5.73 Å². The van der Waals surface area contributed by atoms with Crippen LogP contribution in [0.25, 0.3) is 11.0 Å². The number of nitrogens with two attached hydrogens (primary N) is 1. The Kier molecular flexibility index (Phi) is 2.56. The lowest BCUT2D eigenvalue weighted by atomic mass is 10.3. The van der Waals surface area contributed by atoms with Crippen LogP contribution in [0.15, 0.2) is 18.2 Å². The minimum Gasteiger partial charge on any atom is -0.399 e. The molecule has 0 saturated carbocycles. The highest BCUT2D eigenvalue weighted by Gasteiger charge is 1.99. The highest BCUT2D eigenvalue weighted by molar-refractivity contribution is 5.78. The van der Waals surface area contributed by atoms with Crippen LogP contribution >= 0.6 is 0 Å². The van der Waals surface area contributed by atoms with Gasteiger partial charge < -0.3 is 10.7 Å². The van der Waals surface area contributed by atoms with E-state index < -0.39 is 0 Å². The number of nitrogens with one attached hydrogen (secondary N) is 1. The van der Waals surface area contributed by atoms with Gasteiger partial charge in [0.1, 0.15) is 5.82 Å². The van der Waals surface area contributed by atoms with Crippen molar-refractivity contribution in [3.8, 4) is 0 Å². The first kappa shape index (κ1) is 9.58. The van der Waals surface area contributed by atoms with E-state index in [2.05, 4.69) is 16.9 Å². The Morgan fingerprint density at radius 2 is 2.23 bits per heavy atom. The first-order valence-electron chi connectivity index (χ1n) is 4.03. The van der Waals surface area contributed by atoms with Gasteiger partial charge in [-0.15, -0.1) is 0 Å². The zero-order valence-electron chi connectivity index (χ0n) is 6.96. The summed E-state index contributed by atoms with van der Waals surface area (Å²) in [7, 11) is 0. The van der Waals surface area contributed by atoms with Crippen LogP contribution in [-0.4, -0.2) is 9.97 Å². The maximum atomic E-state index is 5.63. The Balaban J connectivity index is 0.000000845. The molecular formula is C10H15N3. The Morgan fingerprint density at radius 1 is 1.46 bits per heavy atom. The molecule has 0 bridgehead atoms. The lowest BCUT2D eigenvalue weighted by Crippen LogP contribution is -1.82. The number of aromatic nitrogens is 2. The molecule has 1 heterocycles. The first-order chi connectivity index (χ1) is 5.79. The fraction of sp³-hybridized carbons (Fsp3) is 0.300. The molecule has 13 heavy (non-hydrogen) atoms. The largest absolute Gasteiger partial charge is 0.399 e. The van der Waals surface area contributed by atoms with E-state index in [0.717, 1.165) is 29.0 Å². The van der Waals surface area contributed by atoms with Crippen molar-refractivity contribution in [2.45, 2.75) is 20.8 Å². The second-order valence-electron chi connectivity index (χ2n) is 2.81. The summed E-state index contributed by atoms with van der Waals surface area (Å²) in [4.78, 5) is 7.56. The summed E-state index contributed by atoms with van der Waals surface area (Å²) >= 11 is 0. The van der Waals surface area contributed by atoms with Crippen LogP contribution in [0.2, 0.25) is 0 Å². The van der Waals surface area contributed by atoms with E-state index in [9.17, 15) is 0 Å². The lowest BCUT2D eigenvalue weighted by Gasteiger charge is -1.89. The molecule has 0 aliphatic heterocycles. The van der Waals surface area contributed by atoms with Gasteiger partial charge in [0.2, 0.25) is 0 Å². The summed E-state index contributed by atoms with van der Waals surface area (Å²) in [5.74, 6) is 1.01. The van der Waals surface area contributed by atoms with Crippen LogP contribution in [0.3, 0.4) is 0 Å². The monoisotopic (exact) mass is 177 g/mol. The highest BCUT2D eigenvalue weighted by Crippen LogP contribution is 2.14. The molecule has 0 atom stereocenters. The number of nitrogens with zero attached hydrogens (tertiary/aromatic N) is 1. The summed E-state index contributed by atoms with van der Waals surface area (Å²) in [6, 6.07) is 5.70. The van der Waals surface area contributed by atoms with Gasteiger partial charge in [0.25, 0.3) is 0 Å². The Labute approximate surface area is 78.0 Å². The quantitative estimate of drug-likeness (QED) is 0.657. The van der Waals surface area contributed by atoms with Gasteiger partial charge in [-0.1, -0.05) is 14.4 Å². The maximum Gasteiger partial charge on any atom is 0.106 e. The SMILES string of the molecule is C.CCc1nc2ccc(N)cc2[nH]1. The molecule has 2 aromatic rings. The number of aromatic amines is 1. The Morgan fingerprint density at radius 3 is 2.92 bits per heavy atom. The van der Waals surface area contributed by atoms with Crippen LogP contribution in [0.4, 0.5) is 5.69 Å². The van der Waals surface area contributed by atoms with Crippen molar-refractivity contribution in [1.82, 2.24) is 9.97 Å². The number of imidazole rings is 1. The lowest BCUT2D eigenvalue weighted by molar-refractivity contribution is 1.00. The molecule has 0 radical (unpaired) electrons. The standard InChI is InChI=1S/C9H11N3.CH4/c1-2-9-11-7-4-3-6(10)5-8(7)12-9;/h3-5H,2,10H2,1H3,(H,11,12);1H4. The Bertz CT molecular complexity index is 403. The molecule has 2 rings (SSSR count). The summed E-state index contributed by atoms with van der Waals surface area (Å²) in [6.07, 6.45) is 0.925. The molecule has 0 fully saturated rings. The number of rotatable bonds is 1. The van der Waals surface area contributed by atoms with Gasteiger partial charge in [-0.3, -0.25) is 0 Å². The highest BCUT2D eigenvalue weighted by atomic mass is 14.9. The molecule has 3 heteroatoms. The summed E-state index contributed by atoms with van der Waals surface area (Å²) in [5.41, 5.74) is 8.41. The number of H-pyrrole nitrogens is 1. The van der Waals surface area contributed by atoms with Crippen LogP contribution in [0.5, 0.6) is 0 Å². The van der Waals surface area contributed by atoms with E-state index in [4.69, 9.17) is 5.73 Å². The van der Waals surface area contributed by atoms with Gasteiger partial charge >= 0.3 is 0 Å². The second kappa shape index (κ2) is 3.47. The molecule has 70 valence electrons. The van der Waals surface area contributed by atoms with E-state index >= 15 is 0 Å². The molecular weight excluding hydrogens is 162 g/mol. The van der Waals surface area contributed by atoms with Crippen LogP contribution in [-0.2, 0) is 6.42 Å². The maximum absolute atomic E-state index is 5.63. The molecule has 3 nitrogen and oxygen atoms in total. The van der Waals surface area contributed by atoms with E-state index in [1.807, 2.05) is 18.2 Å². The number of hydrogen-bond donors (Lipinski definition) is 2. The van der Waals surface area contributed by atoms with Gasteiger partial charge in [-0.2, -0.15) is 0 Å². The van der Waals surface area contributed by atoms with Crippen LogP contribution in [0.1, 0.15) is 20.2 Å². The van der Waals surface area contributed by atoms with Gasteiger partial charge in [0, 0.05) is 12.1 Å². The average molecular weight is 177 g/mol. The third-order valence-corrected chi connectivity index (χ3v) is 1.89. The summed E-state index contributed by atoms with van der Waals surface area (Å²) in [5, 5.41) is 0. The third kappa shape index (κ3) is 1.64. The van der Waals surface area contributed by atoms with Gasteiger partial charge in [0.15, 0.2) is 0 Å². The number of benzene rings is 1. The molecule has 0 unspecified atom stereocenters. The predicted molar refractivity (Wildman–Crippen MR) is 56.6 cm³/mol. The van der Waals surface area contributed by atoms with Crippen LogP contribution in [0, 0.1) is 0 Å². The van der Waals surface area contributed by atoms with Crippen molar-refractivity contribution in [2.75, 3.05) is 5.73 Å². The van der Waals surface area contributed by atoms with Gasteiger partial charge in [-0.05, 0) is 18.2 Å². The van der Waals surface area contributed by atoms with Crippen molar-refractivity contribution in [1.29, 1.82) is 0 Å². The number of nitrogen functional groups attached to an aromatic ring is 1. The molecule has 1 aromatic carbocycles. The zero-order valence-corrected chi connectivity index (χ0v) is 6.96. The third-order valence-electron chi connectivity index (χ3n) is 1.89. The fourth-order valence-electron chi connectivity index (χ4n) is 1.25. The van der Waals surface area contributed by atoms with E-state index in [0.29, 0.717) is 0 Å². The average Bonchev–Trinajstić information content (AvgIpc) is 2.46. The topological polar surface area (TPSA) is 54.7 Å². The molecule has 3 N–H and O–H groups in total. The van der Waals surface area contributed by atoms with Gasteiger partial charge in [-0.25, -0.2) is 4.98 Å². The zero-order chi connectivity index (χ0) is 8.55. The van der Waals surface area contributed by atoms with Gasteiger partial charge in [0.05, 0.1) is 11.0 Å². The molecule has 1 aromatic heterocycles. The molecule has 0 aliphatic carbocycles. The summed E-state index contributed by atoms with van der Waals surface area (Å²) in [6.45, 7) is 2.07. The molecule has 0 saturated heterocycles. The number of anilines is 1. The van der Waals surface area contributed by atoms with Crippen molar-refractivity contribution in [2.24, 2.45) is 0 Å². The van der Waals surface area contributed by atoms with E-state index in [1.165, 1.54) is 0 Å². The van der Waals surface area contributed by atoms with E-state index in [1.54, 1.807) is 0 Å². The number of hydrogen-bond acceptors (Lipinski definition) is 2. The summed E-state index contributed by atoms with van der Waals surface area (Å²) < 4.78 is 0. The predicted octanol–water partition coefficient (Wildman–Crippen LogP) is 2.34. The van der Waals surface area contributed by atoms with E-state index in [-0.39, 0.29) is 7.43 Å². The smallest absolute Gasteiger partial charge is 0.106 e. The fourth-order valence-corrected chi connectivity index (χ4v) is 1.25. The first-order valence-corrected chi connectivity index (χ1v) is 4.03. The molecule has 0 aliphatic rings. The van der Waals surface area contributed by atoms with Crippen molar-refractivity contribution < 1.29 is 0 Å². The number of aryl methyl sites for hydroxylation is 1.